The predicted octanol–water partition coefficient (Wildman–Crippen LogP) is 5.50. The molecule has 1 aromatic carbocycles. The van der Waals surface area contributed by atoms with E-state index in [0.29, 0.717) is 19.3 Å². The number of fused-ring (bicyclic) bond motifs is 1. The molecule has 1 aromatic rings. The topological polar surface area (TPSA) is 88.1 Å². The van der Waals surface area contributed by atoms with E-state index in [0.717, 1.165) is 12.0 Å². The Hall–Kier alpha value is -2.67. The van der Waals surface area contributed by atoms with Crippen LogP contribution in [0.1, 0.15) is 79.7 Å². The smallest absolute Gasteiger partial charge is 0.331 e. The second kappa shape index (κ2) is 10.5. The standard InChI is InChI=1S/C31H42O7/c1-8-19(2)28(34)36-24-16-20(3)31-18-23(29(5,6)38-31)17-25(30(31,7)27(24)35-21(4)32)37-26(33)15-14-22-12-10-9-11-13-22/h9-15,19-20,23-25,27H,8,16-18H2,1-7H3/t19-,20-,23-,24+,25+,27+,30-,31+/m1/s1. The molecule has 0 N–H and O–H groups in total. The highest BCUT2D eigenvalue weighted by Gasteiger charge is 2.75. The quantitative estimate of drug-likeness (QED) is 0.263. The molecule has 0 aromatic heterocycles. The Labute approximate surface area is 226 Å². The molecule has 1 spiro atoms. The van der Waals surface area contributed by atoms with E-state index >= 15 is 0 Å². The summed E-state index contributed by atoms with van der Waals surface area (Å²) >= 11 is 0. The molecule has 7 heteroatoms. The van der Waals surface area contributed by atoms with Crippen LogP contribution in [0.3, 0.4) is 0 Å². The molecule has 208 valence electrons. The van der Waals surface area contributed by atoms with Crippen molar-refractivity contribution in [3.05, 3.63) is 42.0 Å². The third-order valence-corrected chi connectivity index (χ3v) is 9.41. The molecule has 2 bridgehead atoms. The van der Waals surface area contributed by atoms with Crippen molar-refractivity contribution in [3.8, 4) is 0 Å². The van der Waals surface area contributed by atoms with Gasteiger partial charge in [-0.2, -0.15) is 0 Å². The van der Waals surface area contributed by atoms with Gasteiger partial charge in [-0.05, 0) is 69.9 Å². The van der Waals surface area contributed by atoms with Crippen LogP contribution in [-0.4, -0.2) is 47.4 Å². The summed E-state index contributed by atoms with van der Waals surface area (Å²) in [6, 6.07) is 9.55. The molecule has 1 aliphatic heterocycles. The van der Waals surface area contributed by atoms with Crippen LogP contribution in [0.25, 0.3) is 6.08 Å². The van der Waals surface area contributed by atoms with E-state index in [2.05, 4.69) is 20.8 Å². The largest absolute Gasteiger partial charge is 0.458 e. The van der Waals surface area contributed by atoms with Gasteiger partial charge in [-0.25, -0.2) is 4.79 Å². The van der Waals surface area contributed by atoms with Crippen LogP contribution in [0.15, 0.2) is 36.4 Å². The number of hydrogen-bond donors (Lipinski definition) is 0. The van der Waals surface area contributed by atoms with E-state index < -0.39 is 46.9 Å². The summed E-state index contributed by atoms with van der Waals surface area (Å²) in [4.78, 5) is 38.5. The Kier molecular flexibility index (Phi) is 7.81. The average molecular weight is 527 g/mol. The molecule has 2 aliphatic carbocycles. The molecule has 0 amide bonds. The molecule has 2 saturated carbocycles. The van der Waals surface area contributed by atoms with Gasteiger partial charge in [0.05, 0.1) is 22.5 Å². The van der Waals surface area contributed by atoms with Gasteiger partial charge < -0.3 is 18.9 Å². The molecule has 7 nitrogen and oxygen atoms in total. The van der Waals surface area contributed by atoms with Gasteiger partial charge in [0, 0.05) is 13.0 Å². The minimum Gasteiger partial charge on any atom is -0.458 e. The molecule has 3 fully saturated rings. The first-order chi connectivity index (χ1) is 17.8. The van der Waals surface area contributed by atoms with Crippen LogP contribution < -0.4 is 0 Å². The minimum absolute atomic E-state index is 0.0281. The number of rotatable bonds is 7. The van der Waals surface area contributed by atoms with Crippen LogP contribution >= 0.6 is 0 Å². The van der Waals surface area contributed by atoms with Crippen molar-refractivity contribution >= 4 is 24.0 Å². The summed E-state index contributed by atoms with van der Waals surface area (Å²) in [5.74, 6) is -1.41. The molecule has 3 aliphatic rings. The fourth-order valence-electron chi connectivity index (χ4n) is 6.98. The molecule has 4 rings (SSSR count). The van der Waals surface area contributed by atoms with E-state index in [9.17, 15) is 14.4 Å². The fourth-order valence-corrected chi connectivity index (χ4v) is 6.98. The van der Waals surface area contributed by atoms with Gasteiger partial charge >= 0.3 is 17.9 Å². The highest BCUT2D eigenvalue weighted by atomic mass is 16.6. The summed E-state index contributed by atoms with van der Waals surface area (Å²) in [5, 5.41) is 0. The molecule has 0 radical (unpaired) electrons. The summed E-state index contributed by atoms with van der Waals surface area (Å²) in [6.45, 7) is 13.4. The van der Waals surface area contributed by atoms with Gasteiger partial charge in [0.15, 0.2) is 6.10 Å². The Morgan fingerprint density at radius 1 is 1.08 bits per heavy atom. The summed E-state index contributed by atoms with van der Waals surface area (Å²) in [6.07, 6.45) is 3.52. The number of carbonyl (C=O) groups is 3. The summed E-state index contributed by atoms with van der Waals surface area (Å²) in [5.41, 5.74) is -1.21. The molecular formula is C31H42O7. The average Bonchev–Trinajstić information content (AvgIpc) is 3.11. The number of esters is 3. The van der Waals surface area contributed by atoms with Crippen molar-refractivity contribution in [2.24, 2.45) is 23.2 Å². The van der Waals surface area contributed by atoms with Crippen molar-refractivity contribution in [2.75, 3.05) is 0 Å². The first-order valence-electron chi connectivity index (χ1n) is 13.9. The Balaban J connectivity index is 1.73. The van der Waals surface area contributed by atoms with Crippen LogP contribution in [0.2, 0.25) is 0 Å². The fraction of sp³-hybridized carbons (Fsp3) is 0.645. The van der Waals surface area contributed by atoms with E-state index in [1.165, 1.54) is 13.0 Å². The number of hydrogen-bond acceptors (Lipinski definition) is 7. The second-order valence-corrected chi connectivity index (χ2v) is 12.1. The zero-order valence-electron chi connectivity index (χ0n) is 23.7. The van der Waals surface area contributed by atoms with Crippen molar-refractivity contribution in [2.45, 2.75) is 104 Å². The lowest BCUT2D eigenvalue weighted by molar-refractivity contribution is -0.285. The molecule has 38 heavy (non-hydrogen) atoms. The molecule has 1 heterocycles. The first kappa shape index (κ1) is 28.3. The van der Waals surface area contributed by atoms with Crippen LogP contribution in [0.5, 0.6) is 0 Å². The highest BCUT2D eigenvalue weighted by molar-refractivity contribution is 5.87. The van der Waals surface area contributed by atoms with Crippen molar-refractivity contribution in [1.29, 1.82) is 0 Å². The van der Waals surface area contributed by atoms with E-state index in [-0.39, 0.29) is 23.7 Å². The molecule has 1 saturated heterocycles. The molecule has 8 atom stereocenters. The SMILES string of the molecule is CC[C@@H](C)C(=O)O[C@H]1C[C@@H](C)[C@@]23C[C@@H](C[C@H](OC(=O)C=Cc4ccccc4)[C@]2(C)[C@H]1OC(C)=O)C(C)(C)O3. The maximum atomic E-state index is 13.1. The minimum atomic E-state index is -0.933. The number of benzene rings is 1. The lowest BCUT2D eigenvalue weighted by Crippen LogP contribution is -2.71. The maximum Gasteiger partial charge on any atom is 0.331 e. The normalized spacial score (nSPS) is 36.2. The van der Waals surface area contributed by atoms with Crippen molar-refractivity contribution < 1.29 is 33.3 Å². The van der Waals surface area contributed by atoms with E-state index in [1.807, 2.05) is 51.1 Å². The monoisotopic (exact) mass is 526 g/mol. The van der Waals surface area contributed by atoms with Crippen molar-refractivity contribution in [1.82, 2.24) is 0 Å². The zero-order chi connectivity index (χ0) is 27.9. The zero-order valence-corrected chi connectivity index (χ0v) is 23.7. The summed E-state index contributed by atoms with van der Waals surface area (Å²) < 4.78 is 25.1. The number of carbonyl (C=O) groups excluding carboxylic acids is 3. The third kappa shape index (κ3) is 4.90. The van der Waals surface area contributed by atoms with Gasteiger partial charge in [0.2, 0.25) is 0 Å². The van der Waals surface area contributed by atoms with Crippen LogP contribution in [0.4, 0.5) is 0 Å². The Bertz CT molecular complexity index is 1080. The summed E-state index contributed by atoms with van der Waals surface area (Å²) in [7, 11) is 0. The van der Waals surface area contributed by atoms with Gasteiger partial charge in [-0.1, -0.05) is 51.1 Å². The van der Waals surface area contributed by atoms with Gasteiger partial charge in [0.1, 0.15) is 12.2 Å². The van der Waals surface area contributed by atoms with Gasteiger partial charge in [-0.3, -0.25) is 9.59 Å². The highest BCUT2D eigenvalue weighted by Crippen LogP contribution is 2.67. The maximum absolute atomic E-state index is 13.1. The van der Waals surface area contributed by atoms with Crippen LogP contribution in [0, 0.1) is 23.2 Å². The first-order valence-corrected chi connectivity index (χ1v) is 13.9. The van der Waals surface area contributed by atoms with Gasteiger partial charge in [-0.15, -0.1) is 0 Å². The Morgan fingerprint density at radius 2 is 1.76 bits per heavy atom. The lowest BCUT2D eigenvalue weighted by atomic mass is 9.49. The van der Waals surface area contributed by atoms with Crippen LogP contribution in [-0.2, 0) is 33.3 Å². The molecule has 0 unspecified atom stereocenters. The van der Waals surface area contributed by atoms with Gasteiger partial charge in [0.25, 0.3) is 0 Å². The Morgan fingerprint density at radius 3 is 2.39 bits per heavy atom. The van der Waals surface area contributed by atoms with E-state index in [4.69, 9.17) is 18.9 Å². The lowest BCUT2D eigenvalue weighted by Gasteiger charge is -2.61. The third-order valence-electron chi connectivity index (χ3n) is 9.41. The predicted molar refractivity (Wildman–Crippen MR) is 143 cm³/mol. The second-order valence-electron chi connectivity index (χ2n) is 12.1. The van der Waals surface area contributed by atoms with Crippen molar-refractivity contribution in [3.63, 3.8) is 0 Å². The van der Waals surface area contributed by atoms with E-state index in [1.54, 1.807) is 6.08 Å². The molecular weight excluding hydrogens is 484 g/mol. The number of ether oxygens (including phenoxy) is 4.